The molecule has 2 fully saturated rings. The highest BCUT2D eigenvalue weighted by Gasteiger charge is 2.47. The summed E-state index contributed by atoms with van der Waals surface area (Å²) in [5, 5.41) is 2.93. The van der Waals surface area contributed by atoms with Crippen molar-refractivity contribution in [3.05, 3.63) is 30.3 Å². The van der Waals surface area contributed by atoms with Gasteiger partial charge in [0.1, 0.15) is 0 Å². The van der Waals surface area contributed by atoms with E-state index in [0.29, 0.717) is 45.6 Å². The van der Waals surface area contributed by atoms with Gasteiger partial charge in [-0.15, -0.1) is 0 Å². The topological polar surface area (TPSA) is 73.0 Å². The number of hydrogen-bond donors (Lipinski definition) is 1. The van der Waals surface area contributed by atoms with Crippen LogP contribution in [0.2, 0.25) is 0 Å². The van der Waals surface area contributed by atoms with Crippen molar-refractivity contribution >= 4 is 23.5 Å². The Morgan fingerprint density at radius 2 is 1.71 bits per heavy atom. The third-order valence-electron chi connectivity index (χ3n) is 5.46. The number of carbonyl (C=O) groups excluding carboxylic acids is 3. The summed E-state index contributed by atoms with van der Waals surface area (Å²) in [4.78, 5) is 43.2. The summed E-state index contributed by atoms with van der Waals surface area (Å²) in [6.07, 6.45) is 0.847. The van der Waals surface area contributed by atoms with Gasteiger partial charge in [0.25, 0.3) is 0 Å². The summed E-state index contributed by atoms with van der Waals surface area (Å²) in [6.45, 7) is 6.55. The maximum absolute atomic E-state index is 12.9. The zero-order chi connectivity index (χ0) is 20.3. The van der Waals surface area contributed by atoms with Crippen LogP contribution in [0.4, 0.5) is 10.5 Å². The van der Waals surface area contributed by atoms with Gasteiger partial charge in [0, 0.05) is 63.7 Å². The number of para-hydroxylation sites is 1. The quantitative estimate of drug-likeness (QED) is 0.866. The lowest BCUT2D eigenvalue weighted by atomic mass is 9.85. The first kappa shape index (κ1) is 20.2. The molecule has 7 heteroatoms. The molecule has 0 aromatic heterocycles. The van der Waals surface area contributed by atoms with Crippen molar-refractivity contribution in [1.29, 1.82) is 0 Å². The fraction of sp³-hybridized carbons (Fsp3) is 0.571. The number of nitrogens with zero attached hydrogens (tertiary/aromatic N) is 3. The number of urea groups is 1. The van der Waals surface area contributed by atoms with Gasteiger partial charge < -0.3 is 20.0 Å². The molecular weight excluding hydrogens is 356 g/mol. The zero-order valence-corrected chi connectivity index (χ0v) is 17.0. The van der Waals surface area contributed by atoms with Crippen molar-refractivity contribution in [2.45, 2.75) is 26.7 Å². The second-order valence-electron chi connectivity index (χ2n) is 8.56. The Hall–Kier alpha value is -2.57. The van der Waals surface area contributed by atoms with Crippen molar-refractivity contribution in [2.24, 2.45) is 11.3 Å². The minimum atomic E-state index is -0.414. The lowest BCUT2D eigenvalue weighted by Crippen LogP contribution is -2.46. The Labute approximate surface area is 166 Å². The van der Waals surface area contributed by atoms with Gasteiger partial charge in [-0.1, -0.05) is 32.0 Å². The Morgan fingerprint density at radius 3 is 2.32 bits per heavy atom. The molecule has 0 unspecified atom stereocenters. The first-order chi connectivity index (χ1) is 13.3. The van der Waals surface area contributed by atoms with Crippen LogP contribution >= 0.6 is 0 Å². The fourth-order valence-electron chi connectivity index (χ4n) is 4.16. The number of anilines is 1. The molecule has 1 aromatic carbocycles. The molecule has 1 aromatic rings. The summed E-state index contributed by atoms with van der Waals surface area (Å²) >= 11 is 0. The summed E-state index contributed by atoms with van der Waals surface area (Å²) in [6, 6.07) is 9.14. The highest BCUT2D eigenvalue weighted by atomic mass is 16.2. The molecule has 4 amide bonds. The third kappa shape index (κ3) is 4.64. The van der Waals surface area contributed by atoms with Gasteiger partial charge in [0.2, 0.25) is 11.8 Å². The molecule has 1 spiro atoms. The smallest absolute Gasteiger partial charge is 0.321 e. The van der Waals surface area contributed by atoms with Gasteiger partial charge in [-0.05, 0) is 18.1 Å². The number of carbonyl (C=O) groups is 3. The first-order valence-electron chi connectivity index (χ1n) is 9.91. The van der Waals surface area contributed by atoms with Gasteiger partial charge >= 0.3 is 6.03 Å². The Bertz CT molecular complexity index is 736. The second-order valence-corrected chi connectivity index (χ2v) is 8.56. The molecule has 28 heavy (non-hydrogen) atoms. The molecule has 2 saturated heterocycles. The number of amides is 4. The van der Waals surface area contributed by atoms with Gasteiger partial charge in [-0.3, -0.25) is 9.59 Å². The molecular formula is C21H30N4O3. The van der Waals surface area contributed by atoms with E-state index in [-0.39, 0.29) is 23.8 Å². The van der Waals surface area contributed by atoms with Crippen LogP contribution < -0.4 is 5.32 Å². The zero-order valence-electron chi connectivity index (χ0n) is 17.0. The Kier molecular flexibility index (Phi) is 5.91. The van der Waals surface area contributed by atoms with Crippen molar-refractivity contribution in [1.82, 2.24) is 14.7 Å². The number of benzene rings is 1. The van der Waals surface area contributed by atoms with Crippen LogP contribution in [0.1, 0.15) is 26.7 Å². The Balaban J connectivity index is 1.79. The second kappa shape index (κ2) is 8.20. The molecule has 2 heterocycles. The molecule has 0 radical (unpaired) electrons. The molecule has 3 rings (SSSR count). The predicted molar refractivity (Wildman–Crippen MR) is 108 cm³/mol. The SMILES string of the molecule is CC(C)CC(=O)N1CCN(C(=O)Nc2ccccc2)C[C@@]2(CC(=O)N(C)C2)C1. The molecule has 1 atom stereocenters. The monoisotopic (exact) mass is 386 g/mol. The van der Waals surface area contributed by atoms with E-state index in [9.17, 15) is 14.4 Å². The number of likely N-dealkylation sites (tertiary alicyclic amines) is 1. The van der Waals surface area contributed by atoms with Crippen LogP contribution in [0, 0.1) is 11.3 Å². The van der Waals surface area contributed by atoms with E-state index in [0.717, 1.165) is 5.69 Å². The van der Waals surface area contributed by atoms with Crippen molar-refractivity contribution in [2.75, 3.05) is 45.1 Å². The van der Waals surface area contributed by atoms with Gasteiger partial charge in [-0.2, -0.15) is 0 Å². The van der Waals surface area contributed by atoms with E-state index in [1.54, 1.807) is 16.8 Å². The van der Waals surface area contributed by atoms with Crippen molar-refractivity contribution in [3.8, 4) is 0 Å². The van der Waals surface area contributed by atoms with Crippen LogP contribution in [-0.2, 0) is 9.59 Å². The lowest BCUT2D eigenvalue weighted by molar-refractivity contribution is -0.133. The van der Waals surface area contributed by atoms with Crippen LogP contribution in [0.5, 0.6) is 0 Å². The average Bonchev–Trinajstić information content (AvgIpc) is 2.79. The number of hydrogen-bond acceptors (Lipinski definition) is 3. The maximum Gasteiger partial charge on any atom is 0.321 e. The minimum absolute atomic E-state index is 0.0709. The molecule has 7 nitrogen and oxygen atoms in total. The fourth-order valence-corrected chi connectivity index (χ4v) is 4.16. The first-order valence-corrected chi connectivity index (χ1v) is 9.91. The van der Waals surface area contributed by atoms with Crippen LogP contribution in [-0.4, -0.2) is 72.3 Å². The molecule has 2 aliphatic heterocycles. The van der Waals surface area contributed by atoms with Crippen LogP contribution in [0.3, 0.4) is 0 Å². The van der Waals surface area contributed by atoms with E-state index >= 15 is 0 Å². The van der Waals surface area contributed by atoms with Gasteiger partial charge in [0.15, 0.2) is 0 Å². The standard InChI is InChI=1S/C21H30N4O3/c1-16(2)11-18(26)24-9-10-25(20(28)22-17-7-5-4-6-8-17)15-21(14-24)12-19(27)23(3)13-21/h4-8,16H,9-15H2,1-3H3,(H,22,28)/t21-/m1/s1. The third-order valence-corrected chi connectivity index (χ3v) is 5.46. The van der Waals surface area contributed by atoms with Gasteiger partial charge in [0.05, 0.1) is 0 Å². The average molecular weight is 386 g/mol. The van der Waals surface area contributed by atoms with E-state index in [1.807, 2.05) is 49.1 Å². The van der Waals surface area contributed by atoms with E-state index in [1.165, 1.54) is 0 Å². The molecule has 0 saturated carbocycles. The molecule has 1 N–H and O–H groups in total. The largest absolute Gasteiger partial charge is 0.345 e. The molecule has 2 aliphatic rings. The molecule has 0 bridgehead atoms. The Morgan fingerprint density at radius 1 is 1.07 bits per heavy atom. The highest BCUT2D eigenvalue weighted by molar-refractivity contribution is 5.89. The summed E-state index contributed by atoms with van der Waals surface area (Å²) < 4.78 is 0. The van der Waals surface area contributed by atoms with Crippen LogP contribution in [0.15, 0.2) is 30.3 Å². The number of nitrogens with one attached hydrogen (secondary N) is 1. The van der Waals surface area contributed by atoms with Crippen LogP contribution in [0.25, 0.3) is 0 Å². The molecule has 152 valence electrons. The van der Waals surface area contributed by atoms with Crippen molar-refractivity contribution in [3.63, 3.8) is 0 Å². The summed E-state index contributed by atoms with van der Waals surface area (Å²) in [5.41, 5.74) is 0.321. The normalized spacial score (nSPS) is 22.7. The lowest BCUT2D eigenvalue weighted by Gasteiger charge is -2.33. The minimum Gasteiger partial charge on any atom is -0.345 e. The highest BCUT2D eigenvalue weighted by Crippen LogP contribution is 2.35. The van der Waals surface area contributed by atoms with Crippen molar-refractivity contribution < 1.29 is 14.4 Å². The van der Waals surface area contributed by atoms with E-state index in [4.69, 9.17) is 0 Å². The van der Waals surface area contributed by atoms with E-state index in [2.05, 4.69) is 5.32 Å². The van der Waals surface area contributed by atoms with Gasteiger partial charge in [-0.25, -0.2) is 4.79 Å². The number of rotatable bonds is 3. The predicted octanol–water partition coefficient (Wildman–Crippen LogP) is 2.26. The van der Waals surface area contributed by atoms with E-state index < -0.39 is 5.41 Å². The summed E-state index contributed by atoms with van der Waals surface area (Å²) in [5.74, 6) is 0.445. The molecule has 0 aliphatic carbocycles. The maximum atomic E-state index is 12.9. The summed E-state index contributed by atoms with van der Waals surface area (Å²) in [7, 11) is 1.79.